The van der Waals surface area contributed by atoms with Gasteiger partial charge in [0.05, 0.1) is 12.2 Å². The van der Waals surface area contributed by atoms with Crippen molar-refractivity contribution in [3.8, 4) is 0 Å². The number of carbonyl (C=O) groups excluding carboxylic acids is 1. The Morgan fingerprint density at radius 1 is 1.42 bits per heavy atom. The third-order valence-electron chi connectivity index (χ3n) is 4.45. The number of nitrogens with two attached hydrogens (primary N) is 1. The highest BCUT2D eigenvalue weighted by Crippen LogP contribution is 2.34. The van der Waals surface area contributed by atoms with E-state index in [1.165, 1.54) is 28.2 Å². The Kier molecular flexibility index (Phi) is 4.42. The number of hydrogen-bond donors (Lipinski definition) is 1. The molecule has 0 spiro atoms. The number of nitrogens with zero attached hydrogens (tertiary/aromatic N) is 3. The molecule has 2 aromatic rings. The zero-order valence-electron chi connectivity index (χ0n) is 13.4. The summed E-state index contributed by atoms with van der Waals surface area (Å²) in [6.07, 6.45) is 4.69. The van der Waals surface area contributed by atoms with Crippen LogP contribution in [-0.2, 0) is 27.8 Å². The standard InChI is InChI=1S/C16H20N4O3S/c1-19(15-7-6-12-4-2-3-5-14(12)15)16(21)8-9-20-11-13(10-18-20)24(17,22)23/h2-5,10-11,15H,6-9H2,1H3,(H2,17,22,23)/t15-/m1/s1. The van der Waals surface area contributed by atoms with E-state index in [0.29, 0.717) is 6.54 Å². The van der Waals surface area contributed by atoms with E-state index >= 15 is 0 Å². The topological polar surface area (TPSA) is 98.3 Å². The van der Waals surface area contributed by atoms with Crippen LogP contribution in [0.15, 0.2) is 41.6 Å². The van der Waals surface area contributed by atoms with Gasteiger partial charge in [0.15, 0.2) is 0 Å². The summed E-state index contributed by atoms with van der Waals surface area (Å²) in [4.78, 5) is 14.2. The Morgan fingerprint density at radius 3 is 2.88 bits per heavy atom. The van der Waals surface area contributed by atoms with Crippen molar-refractivity contribution in [1.29, 1.82) is 0 Å². The van der Waals surface area contributed by atoms with Crippen LogP contribution in [0, 0.1) is 0 Å². The van der Waals surface area contributed by atoms with Crippen LogP contribution < -0.4 is 5.14 Å². The van der Waals surface area contributed by atoms with Crippen LogP contribution in [0.2, 0.25) is 0 Å². The Labute approximate surface area is 141 Å². The van der Waals surface area contributed by atoms with Gasteiger partial charge in [-0.25, -0.2) is 13.6 Å². The van der Waals surface area contributed by atoms with Crippen molar-refractivity contribution >= 4 is 15.9 Å². The second kappa shape index (κ2) is 6.37. The summed E-state index contributed by atoms with van der Waals surface area (Å²) in [7, 11) is -1.95. The van der Waals surface area contributed by atoms with Gasteiger partial charge in [0.2, 0.25) is 15.9 Å². The van der Waals surface area contributed by atoms with E-state index in [0.717, 1.165) is 12.8 Å². The molecule has 1 amide bonds. The molecule has 1 aliphatic rings. The highest BCUT2D eigenvalue weighted by Gasteiger charge is 2.28. The number of benzene rings is 1. The first kappa shape index (κ1) is 16.7. The molecule has 2 N–H and O–H groups in total. The number of primary sulfonamides is 1. The predicted molar refractivity (Wildman–Crippen MR) is 88.5 cm³/mol. The highest BCUT2D eigenvalue weighted by atomic mass is 32.2. The number of amides is 1. The number of aryl methyl sites for hydroxylation is 2. The fourth-order valence-corrected chi connectivity index (χ4v) is 3.57. The average molecular weight is 348 g/mol. The van der Waals surface area contributed by atoms with Crippen molar-refractivity contribution in [2.45, 2.75) is 36.7 Å². The summed E-state index contributed by atoms with van der Waals surface area (Å²) in [5.74, 6) is 0.00404. The van der Waals surface area contributed by atoms with Crippen molar-refractivity contribution in [2.24, 2.45) is 5.14 Å². The third-order valence-corrected chi connectivity index (χ3v) is 5.32. The molecular formula is C16H20N4O3S. The Balaban J connectivity index is 1.62. The maximum Gasteiger partial charge on any atom is 0.241 e. The van der Waals surface area contributed by atoms with Crippen LogP contribution in [0.3, 0.4) is 0 Å². The van der Waals surface area contributed by atoms with Crippen LogP contribution in [0.25, 0.3) is 0 Å². The number of hydrogen-bond acceptors (Lipinski definition) is 4. The van der Waals surface area contributed by atoms with E-state index in [4.69, 9.17) is 5.14 Å². The van der Waals surface area contributed by atoms with Crippen LogP contribution in [0.1, 0.15) is 30.0 Å². The number of sulfonamides is 1. The van der Waals surface area contributed by atoms with Crippen molar-refractivity contribution in [3.63, 3.8) is 0 Å². The van der Waals surface area contributed by atoms with Crippen LogP contribution >= 0.6 is 0 Å². The molecule has 1 atom stereocenters. The number of aromatic nitrogens is 2. The van der Waals surface area contributed by atoms with Gasteiger partial charge in [-0.05, 0) is 24.0 Å². The largest absolute Gasteiger partial charge is 0.339 e. The summed E-state index contributed by atoms with van der Waals surface area (Å²) >= 11 is 0. The molecule has 1 heterocycles. The van der Waals surface area contributed by atoms with Gasteiger partial charge in [-0.1, -0.05) is 24.3 Å². The van der Waals surface area contributed by atoms with Crippen LogP contribution in [0.5, 0.6) is 0 Å². The number of fused-ring (bicyclic) bond motifs is 1. The lowest BCUT2D eigenvalue weighted by atomic mass is 10.1. The maximum absolute atomic E-state index is 12.5. The monoisotopic (exact) mass is 348 g/mol. The lowest BCUT2D eigenvalue weighted by Crippen LogP contribution is -2.30. The number of rotatable bonds is 5. The van der Waals surface area contributed by atoms with Gasteiger partial charge >= 0.3 is 0 Å². The molecule has 1 aliphatic carbocycles. The normalized spacial score (nSPS) is 16.8. The van der Waals surface area contributed by atoms with Crippen molar-refractivity contribution in [3.05, 3.63) is 47.8 Å². The lowest BCUT2D eigenvalue weighted by molar-refractivity contribution is -0.132. The van der Waals surface area contributed by atoms with Gasteiger partial charge in [0.25, 0.3) is 0 Å². The molecular weight excluding hydrogens is 328 g/mol. The minimum Gasteiger partial charge on any atom is -0.339 e. The molecule has 1 aromatic heterocycles. The van der Waals surface area contributed by atoms with Gasteiger partial charge in [0.1, 0.15) is 4.90 Å². The second-order valence-corrected chi connectivity index (χ2v) is 7.55. The lowest BCUT2D eigenvalue weighted by Gasteiger charge is -2.25. The highest BCUT2D eigenvalue weighted by molar-refractivity contribution is 7.89. The molecule has 0 saturated heterocycles. The van der Waals surface area contributed by atoms with E-state index in [1.54, 1.807) is 4.90 Å². The summed E-state index contributed by atoms with van der Waals surface area (Å²) in [5, 5.41) is 8.98. The van der Waals surface area contributed by atoms with E-state index < -0.39 is 10.0 Å². The zero-order chi connectivity index (χ0) is 17.3. The van der Waals surface area contributed by atoms with Crippen LogP contribution in [-0.4, -0.2) is 36.1 Å². The molecule has 1 aromatic carbocycles. The van der Waals surface area contributed by atoms with Gasteiger partial charge in [0, 0.05) is 26.2 Å². The van der Waals surface area contributed by atoms with Crippen LogP contribution in [0.4, 0.5) is 0 Å². The van der Waals surface area contributed by atoms with Gasteiger partial charge < -0.3 is 4.90 Å². The minimum atomic E-state index is -3.76. The number of carbonyl (C=O) groups is 1. The first-order chi connectivity index (χ1) is 11.4. The molecule has 7 nitrogen and oxygen atoms in total. The Hall–Kier alpha value is -2.19. The quantitative estimate of drug-likeness (QED) is 0.873. The van der Waals surface area contributed by atoms with Gasteiger partial charge in [-0.3, -0.25) is 9.48 Å². The summed E-state index contributed by atoms with van der Waals surface area (Å²) < 4.78 is 23.9. The van der Waals surface area contributed by atoms with Crippen molar-refractivity contribution in [1.82, 2.24) is 14.7 Å². The van der Waals surface area contributed by atoms with Gasteiger partial charge in [-0.2, -0.15) is 5.10 Å². The Bertz CT molecular complexity index is 860. The summed E-state index contributed by atoms with van der Waals surface area (Å²) in [5.41, 5.74) is 2.51. The minimum absolute atomic E-state index is 0.00404. The van der Waals surface area contributed by atoms with E-state index in [2.05, 4.69) is 17.2 Å². The smallest absolute Gasteiger partial charge is 0.241 e. The SMILES string of the molecule is CN(C(=O)CCn1cc(S(N)(=O)=O)cn1)[C@@H]1CCc2ccccc21. The molecule has 8 heteroatoms. The average Bonchev–Trinajstić information content (AvgIpc) is 3.18. The molecule has 0 fully saturated rings. The molecule has 24 heavy (non-hydrogen) atoms. The molecule has 0 bridgehead atoms. The summed E-state index contributed by atoms with van der Waals surface area (Å²) in [6.45, 7) is 0.313. The second-order valence-electron chi connectivity index (χ2n) is 5.99. The van der Waals surface area contributed by atoms with Crippen molar-refractivity contribution in [2.75, 3.05) is 7.05 Å². The first-order valence-corrected chi connectivity index (χ1v) is 9.29. The molecule has 0 unspecified atom stereocenters. The maximum atomic E-state index is 12.5. The molecule has 128 valence electrons. The van der Waals surface area contributed by atoms with E-state index in [-0.39, 0.29) is 23.3 Å². The predicted octanol–water partition coefficient (Wildman–Crippen LogP) is 1.07. The fraction of sp³-hybridized carbons (Fsp3) is 0.375. The van der Waals surface area contributed by atoms with E-state index in [9.17, 15) is 13.2 Å². The zero-order valence-corrected chi connectivity index (χ0v) is 14.2. The molecule has 0 radical (unpaired) electrons. The molecule has 0 aliphatic heterocycles. The van der Waals surface area contributed by atoms with Gasteiger partial charge in [-0.15, -0.1) is 0 Å². The van der Waals surface area contributed by atoms with Crippen molar-refractivity contribution < 1.29 is 13.2 Å². The Morgan fingerprint density at radius 2 is 2.17 bits per heavy atom. The fourth-order valence-electron chi connectivity index (χ4n) is 3.11. The van der Waals surface area contributed by atoms with E-state index in [1.807, 2.05) is 19.2 Å². The summed E-state index contributed by atoms with van der Waals surface area (Å²) in [6, 6.07) is 8.29. The molecule has 0 saturated carbocycles. The first-order valence-electron chi connectivity index (χ1n) is 7.75. The third kappa shape index (κ3) is 3.34. The molecule has 3 rings (SSSR count).